The Kier molecular flexibility index (Phi) is 4.66. The van der Waals surface area contributed by atoms with Crippen molar-refractivity contribution in [3.63, 3.8) is 0 Å². The number of anilines is 1. The minimum atomic E-state index is -0.157. The molecule has 4 aromatic rings. The molecule has 0 aliphatic carbocycles. The third-order valence-corrected chi connectivity index (χ3v) is 5.04. The molecular weight excluding hydrogens is 344 g/mol. The molecule has 0 spiro atoms. The van der Waals surface area contributed by atoms with Gasteiger partial charge in [0.15, 0.2) is 0 Å². The summed E-state index contributed by atoms with van der Waals surface area (Å²) in [7, 11) is 0. The number of benzene rings is 2. The van der Waals surface area contributed by atoms with Gasteiger partial charge in [0.05, 0.1) is 17.3 Å². The second-order valence-electron chi connectivity index (χ2n) is 5.77. The van der Waals surface area contributed by atoms with Crippen LogP contribution in [-0.2, 0) is 5.75 Å². The van der Waals surface area contributed by atoms with Gasteiger partial charge in [-0.1, -0.05) is 18.2 Å². The van der Waals surface area contributed by atoms with Crippen LogP contribution in [0, 0.1) is 0 Å². The molecule has 0 saturated carbocycles. The molecule has 0 aliphatic rings. The number of hydrogen-bond acceptors (Lipinski definition) is 4. The summed E-state index contributed by atoms with van der Waals surface area (Å²) in [6.07, 6.45) is 5.35. The first-order chi connectivity index (χ1) is 12.8. The van der Waals surface area contributed by atoms with Gasteiger partial charge in [0.25, 0.3) is 5.91 Å². The fourth-order valence-electron chi connectivity index (χ4n) is 2.64. The second-order valence-corrected chi connectivity index (χ2v) is 6.82. The highest BCUT2D eigenvalue weighted by Gasteiger charge is 2.11. The minimum Gasteiger partial charge on any atom is -0.322 e. The normalized spacial score (nSPS) is 10.8. The summed E-state index contributed by atoms with van der Waals surface area (Å²) in [5, 5.41) is 10.7. The lowest BCUT2D eigenvalue weighted by atomic mass is 10.1. The molecule has 0 aliphatic heterocycles. The number of carbonyl (C=O) groups is 1. The highest BCUT2D eigenvalue weighted by Crippen LogP contribution is 2.24. The van der Waals surface area contributed by atoms with Crippen molar-refractivity contribution in [2.45, 2.75) is 10.6 Å². The molecule has 1 amide bonds. The summed E-state index contributed by atoms with van der Waals surface area (Å²) < 4.78 is 0. The van der Waals surface area contributed by atoms with E-state index in [1.807, 2.05) is 48.7 Å². The largest absolute Gasteiger partial charge is 0.322 e. The number of fused-ring (bicyclic) bond motifs is 1. The highest BCUT2D eigenvalue weighted by atomic mass is 32.2. The van der Waals surface area contributed by atoms with Crippen molar-refractivity contribution in [1.82, 2.24) is 15.2 Å². The zero-order valence-corrected chi connectivity index (χ0v) is 14.7. The predicted molar refractivity (Wildman–Crippen MR) is 104 cm³/mol. The Bertz CT molecular complexity index is 1030. The van der Waals surface area contributed by atoms with Crippen LogP contribution in [0.25, 0.3) is 10.9 Å². The highest BCUT2D eigenvalue weighted by molar-refractivity contribution is 7.98. The molecule has 2 N–H and O–H groups in total. The molecule has 0 radical (unpaired) electrons. The summed E-state index contributed by atoms with van der Waals surface area (Å²) in [5.41, 5.74) is 3.27. The van der Waals surface area contributed by atoms with Crippen LogP contribution in [0.3, 0.4) is 0 Å². The van der Waals surface area contributed by atoms with Crippen molar-refractivity contribution in [1.29, 1.82) is 0 Å². The first kappa shape index (κ1) is 16.4. The topological polar surface area (TPSA) is 70.7 Å². The van der Waals surface area contributed by atoms with Crippen molar-refractivity contribution < 1.29 is 4.79 Å². The SMILES string of the molecule is O=C(Nc1ccc(SCc2cccnc2)cc1)c1cccc2cn[nH]c12. The lowest BCUT2D eigenvalue weighted by molar-refractivity contribution is 0.102. The number of amides is 1. The number of para-hydroxylation sites is 1. The number of H-pyrrole nitrogens is 1. The minimum absolute atomic E-state index is 0.157. The van der Waals surface area contributed by atoms with E-state index in [0.717, 1.165) is 27.2 Å². The first-order valence-corrected chi connectivity index (χ1v) is 9.13. The molecule has 0 unspecified atom stereocenters. The van der Waals surface area contributed by atoms with Crippen LogP contribution >= 0.6 is 11.8 Å². The Balaban J connectivity index is 1.42. The summed E-state index contributed by atoms with van der Waals surface area (Å²) in [5.74, 6) is 0.706. The zero-order valence-electron chi connectivity index (χ0n) is 13.8. The van der Waals surface area contributed by atoms with E-state index in [2.05, 4.69) is 26.6 Å². The van der Waals surface area contributed by atoms with Gasteiger partial charge < -0.3 is 5.32 Å². The predicted octanol–water partition coefficient (Wildman–Crippen LogP) is 4.50. The van der Waals surface area contributed by atoms with E-state index in [1.165, 1.54) is 5.56 Å². The number of carbonyl (C=O) groups excluding carboxylic acids is 1. The molecule has 6 heteroatoms. The van der Waals surface area contributed by atoms with Gasteiger partial charge >= 0.3 is 0 Å². The maximum atomic E-state index is 12.6. The van der Waals surface area contributed by atoms with Crippen LogP contribution < -0.4 is 5.32 Å². The Labute approximate surface area is 154 Å². The molecule has 0 fully saturated rings. The van der Waals surface area contributed by atoms with Crippen LogP contribution in [0.4, 0.5) is 5.69 Å². The quantitative estimate of drug-likeness (QED) is 0.514. The second kappa shape index (κ2) is 7.41. The number of aromatic amines is 1. The maximum absolute atomic E-state index is 12.6. The fraction of sp³-hybridized carbons (Fsp3) is 0.0500. The number of pyridine rings is 1. The lowest BCUT2D eigenvalue weighted by Gasteiger charge is -2.07. The van der Waals surface area contributed by atoms with E-state index in [9.17, 15) is 4.79 Å². The van der Waals surface area contributed by atoms with Gasteiger partial charge in [0, 0.05) is 34.1 Å². The van der Waals surface area contributed by atoms with Crippen LogP contribution in [0.5, 0.6) is 0 Å². The fourth-order valence-corrected chi connectivity index (χ4v) is 3.47. The molecule has 2 aromatic heterocycles. The number of aromatic nitrogens is 3. The molecule has 2 heterocycles. The lowest BCUT2D eigenvalue weighted by Crippen LogP contribution is -2.12. The molecular formula is C20H16N4OS. The van der Waals surface area contributed by atoms with E-state index in [1.54, 1.807) is 30.2 Å². The van der Waals surface area contributed by atoms with Gasteiger partial charge in [0.1, 0.15) is 0 Å². The molecule has 4 rings (SSSR count). The van der Waals surface area contributed by atoms with Crippen molar-refractivity contribution in [3.8, 4) is 0 Å². The van der Waals surface area contributed by atoms with Crippen LogP contribution in [-0.4, -0.2) is 21.1 Å². The smallest absolute Gasteiger partial charge is 0.257 e. The number of hydrogen-bond donors (Lipinski definition) is 2. The maximum Gasteiger partial charge on any atom is 0.257 e. The molecule has 0 saturated heterocycles. The monoisotopic (exact) mass is 360 g/mol. The van der Waals surface area contributed by atoms with Crippen molar-refractivity contribution in [3.05, 3.63) is 84.3 Å². The first-order valence-electron chi connectivity index (χ1n) is 8.15. The van der Waals surface area contributed by atoms with E-state index >= 15 is 0 Å². The van der Waals surface area contributed by atoms with Crippen LogP contribution in [0.1, 0.15) is 15.9 Å². The van der Waals surface area contributed by atoms with Crippen LogP contribution in [0.15, 0.2) is 78.1 Å². The van der Waals surface area contributed by atoms with Crippen molar-refractivity contribution >= 4 is 34.3 Å². The van der Waals surface area contributed by atoms with Gasteiger partial charge in [-0.05, 0) is 42.0 Å². The zero-order chi connectivity index (χ0) is 17.8. The van der Waals surface area contributed by atoms with Gasteiger partial charge in [0.2, 0.25) is 0 Å². The van der Waals surface area contributed by atoms with E-state index in [4.69, 9.17) is 0 Å². The van der Waals surface area contributed by atoms with Gasteiger partial charge in [-0.2, -0.15) is 5.10 Å². The number of nitrogens with one attached hydrogen (secondary N) is 2. The van der Waals surface area contributed by atoms with Crippen LogP contribution in [0.2, 0.25) is 0 Å². The van der Waals surface area contributed by atoms with E-state index in [-0.39, 0.29) is 5.91 Å². The Morgan fingerprint density at radius 3 is 2.73 bits per heavy atom. The number of thioether (sulfide) groups is 1. The molecule has 5 nitrogen and oxygen atoms in total. The summed E-state index contributed by atoms with van der Waals surface area (Å²) in [6, 6.07) is 17.4. The van der Waals surface area contributed by atoms with Crippen molar-refractivity contribution in [2.24, 2.45) is 0 Å². The Morgan fingerprint density at radius 2 is 1.92 bits per heavy atom. The molecule has 26 heavy (non-hydrogen) atoms. The van der Waals surface area contributed by atoms with Gasteiger partial charge in [-0.15, -0.1) is 11.8 Å². The average molecular weight is 360 g/mol. The Hall–Kier alpha value is -3.12. The third kappa shape index (κ3) is 3.60. The van der Waals surface area contributed by atoms with Crippen molar-refractivity contribution in [2.75, 3.05) is 5.32 Å². The summed E-state index contributed by atoms with van der Waals surface area (Å²) in [4.78, 5) is 17.8. The molecule has 0 atom stereocenters. The Morgan fingerprint density at radius 1 is 1.04 bits per heavy atom. The van der Waals surface area contributed by atoms with E-state index in [0.29, 0.717) is 5.56 Å². The number of rotatable bonds is 5. The molecule has 128 valence electrons. The molecule has 2 aromatic carbocycles. The summed E-state index contributed by atoms with van der Waals surface area (Å²) in [6.45, 7) is 0. The standard InChI is InChI=1S/C20H16N4OS/c25-20(18-5-1-4-15-12-22-24-19(15)18)23-16-6-8-17(9-7-16)26-13-14-3-2-10-21-11-14/h1-12H,13H2,(H,22,24)(H,23,25). The third-order valence-electron chi connectivity index (χ3n) is 3.96. The molecule has 0 bridgehead atoms. The number of nitrogens with zero attached hydrogens (tertiary/aromatic N) is 2. The van der Waals surface area contributed by atoms with E-state index < -0.39 is 0 Å². The summed E-state index contributed by atoms with van der Waals surface area (Å²) >= 11 is 1.73. The van der Waals surface area contributed by atoms with Gasteiger partial charge in [-0.25, -0.2) is 0 Å². The van der Waals surface area contributed by atoms with Gasteiger partial charge in [-0.3, -0.25) is 14.9 Å². The average Bonchev–Trinajstić information content (AvgIpc) is 3.17.